The van der Waals surface area contributed by atoms with Gasteiger partial charge in [-0.15, -0.1) is 0 Å². The van der Waals surface area contributed by atoms with Gasteiger partial charge in [0.15, 0.2) is 0 Å². The lowest BCUT2D eigenvalue weighted by Crippen LogP contribution is -2.53. The van der Waals surface area contributed by atoms with Gasteiger partial charge in [-0.2, -0.15) is 26.3 Å². The maximum absolute atomic E-state index is 12.8. The van der Waals surface area contributed by atoms with Crippen molar-refractivity contribution >= 4 is 0 Å². The Morgan fingerprint density at radius 3 is 1.86 bits per heavy atom. The quantitative estimate of drug-likeness (QED) is 0.851. The second kappa shape index (κ2) is 5.40. The van der Waals surface area contributed by atoms with Crippen LogP contribution in [0.2, 0.25) is 0 Å². The number of hydrogen-bond acceptors (Lipinski definition) is 2. The van der Waals surface area contributed by atoms with E-state index in [-0.39, 0.29) is 5.75 Å². The van der Waals surface area contributed by atoms with E-state index in [0.29, 0.717) is 17.7 Å². The molecule has 8 heteroatoms. The van der Waals surface area contributed by atoms with E-state index < -0.39 is 29.6 Å². The molecule has 0 heterocycles. The van der Waals surface area contributed by atoms with Gasteiger partial charge in [0.05, 0.1) is 6.10 Å². The Balaban J connectivity index is 3.48. The molecule has 1 aromatic carbocycles. The molecule has 0 unspecified atom stereocenters. The predicted molar refractivity (Wildman–Crippen MR) is 62.9 cm³/mol. The fraction of sp³-hybridized carbons (Fsp3) is 0.538. The summed E-state index contributed by atoms with van der Waals surface area (Å²) >= 11 is 0. The van der Waals surface area contributed by atoms with Gasteiger partial charge in [0.1, 0.15) is 5.75 Å². The highest BCUT2D eigenvalue weighted by Gasteiger charge is 2.71. The topological polar surface area (TPSA) is 29.5 Å². The molecule has 0 spiro atoms. The smallest absolute Gasteiger partial charge is 0.430 e. The summed E-state index contributed by atoms with van der Waals surface area (Å²) in [4.78, 5) is 0. The lowest BCUT2D eigenvalue weighted by Gasteiger charge is -2.33. The molecule has 0 aliphatic carbocycles. The molecule has 0 saturated heterocycles. The molecule has 0 aromatic heterocycles. The van der Waals surface area contributed by atoms with E-state index in [9.17, 15) is 31.4 Å². The maximum atomic E-state index is 12.8. The summed E-state index contributed by atoms with van der Waals surface area (Å²) < 4.78 is 81.8. The number of rotatable bonds is 3. The zero-order chi connectivity index (χ0) is 16.6. The van der Waals surface area contributed by atoms with E-state index in [0.717, 1.165) is 6.07 Å². The average molecular weight is 316 g/mol. The molecule has 0 atom stereocenters. The van der Waals surface area contributed by atoms with Gasteiger partial charge in [-0.05, 0) is 32.4 Å². The fourth-order valence-electron chi connectivity index (χ4n) is 1.69. The van der Waals surface area contributed by atoms with Crippen LogP contribution in [0.3, 0.4) is 0 Å². The van der Waals surface area contributed by atoms with Crippen molar-refractivity contribution in [1.82, 2.24) is 0 Å². The van der Waals surface area contributed by atoms with E-state index in [1.807, 2.05) is 0 Å². The van der Waals surface area contributed by atoms with Crippen LogP contribution in [0.15, 0.2) is 18.2 Å². The molecule has 0 aliphatic heterocycles. The maximum Gasteiger partial charge on any atom is 0.430 e. The third-order valence-electron chi connectivity index (χ3n) is 2.79. The van der Waals surface area contributed by atoms with Crippen LogP contribution in [0.1, 0.15) is 25.0 Å². The number of alkyl halides is 6. The lowest BCUT2D eigenvalue weighted by atomic mass is 9.91. The van der Waals surface area contributed by atoms with E-state index >= 15 is 0 Å². The molecule has 0 bridgehead atoms. The SMILES string of the molecule is Cc1ccc(C(O)(C(F)(F)F)C(F)(F)F)cc1OC(C)C. The monoisotopic (exact) mass is 316 g/mol. The Bertz CT molecular complexity index is 490. The second-order valence-corrected chi connectivity index (χ2v) is 4.85. The molecule has 0 aliphatic rings. The summed E-state index contributed by atoms with van der Waals surface area (Å²) in [6.07, 6.45) is -12.3. The first-order valence-corrected chi connectivity index (χ1v) is 5.94. The molecule has 1 aromatic rings. The van der Waals surface area contributed by atoms with Gasteiger partial charge in [0.25, 0.3) is 5.60 Å². The van der Waals surface area contributed by atoms with Gasteiger partial charge in [-0.3, -0.25) is 0 Å². The van der Waals surface area contributed by atoms with Crippen LogP contribution in [0.4, 0.5) is 26.3 Å². The predicted octanol–water partition coefficient (Wildman–Crippen LogP) is 4.09. The highest BCUT2D eigenvalue weighted by atomic mass is 19.4. The van der Waals surface area contributed by atoms with Crippen molar-refractivity contribution in [3.05, 3.63) is 29.3 Å². The van der Waals surface area contributed by atoms with E-state index in [4.69, 9.17) is 4.74 Å². The highest BCUT2D eigenvalue weighted by Crippen LogP contribution is 2.50. The van der Waals surface area contributed by atoms with Gasteiger partial charge >= 0.3 is 12.4 Å². The van der Waals surface area contributed by atoms with Crippen LogP contribution in [0.5, 0.6) is 5.75 Å². The largest absolute Gasteiger partial charge is 0.491 e. The minimum absolute atomic E-state index is 0.144. The first-order valence-electron chi connectivity index (χ1n) is 5.94. The minimum atomic E-state index is -5.91. The molecule has 0 fully saturated rings. The first kappa shape index (κ1) is 17.6. The van der Waals surface area contributed by atoms with Crippen molar-refractivity contribution in [2.24, 2.45) is 0 Å². The van der Waals surface area contributed by atoms with Crippen LogP contribution in [-0.2, 0) is 5.60 Å². The number of hydrogen-bond donors (Lipinski definition) is 1. The Labute approximate surface area is 117 Å². The number of aliphatic hydroxyl groups is 1. The van der Waals surface area contributed by atoms with Crippen molar-refractivity contribution in [2.45, 2.75) is 44.8 Å². The summed E-state index contributed by atoms with van der Waals surface area (Å²) in [6.45, 7) is 4.62. The minimum Gasteiger partial charge on any atom is -0.491 e. The summed E-state index contributed by atoms with van der Waals surface area (Å²) in [5.74, 6) is -0.144. The van der Waals surface area contributed by atoms with Crippen molar-refractivity contribution < 1.29 is 36.2 Å². The average Bonchev–Trinajstić information content (AvgIpc) is 2.27. The van der Waals surface area contributed by atoms with Crippen LogP contribution in [0, 0.1) is 6.92 Å². The zero-order valence-corrected chi connectivity index (χ0v) is 11.4. The Morgan fingerprint density at radius 1 is 1.00 bits per heavy atom. The third-order valence-corrected chi connectivity index (χ3v) is 2.79. The van der Waals surface area contributed by atoms with Gasteiger partial charge in [0, 0.05) is 5.56 Å². The van der Waals surface area contributed by atoms with E-state index in [1.54, 1.807) is 13.8 Å². The Kier molecular flexibility index (Phi) is 4.53. The molecule has 0 saturated carbocycles. The number of ether oxygens (including phenoxy) is 1. The standard InChI is InChI=1S/C13H14F6O2/c1-7(2)21-10-6-9(5-4-8(10)3)11(20,12(14,15)16)13(17,18)19/h4-7,20H,1-3H3. The van der Waals surface area contributed by atoms with Gasteiger partial charge in [-0.1, -0.05) is 12.1 Å². The first-order chi connectivity index (χ1) is 9.30. The number of halogens is 6. The normalized spacial score (nSPS) is 13.7. The molecule has 0 amide bonds. The summed E-state index contributed by atoms with van der Waals surface area (Å²) in [5.41, 5.74) is -5.91. The Morgan fingerprint density at radius 2 is 1.48 bits per heavy atom. The third kappa shape index (κ3) is 3.25. The van der Waals surface area contributed by atoms with Crippen LogP contribution in [-0.4, -0.2) is 23.6 Å². The van der Waals surface area contributed by atoms with Crippen molar-refractivity contribution in [3.63, 3.8) is 0 Å². The molecular formula is C13H14F6O2. The summed E-state index contributed by atoms with van der Waals surface area (Å²) in [5, 5.41) is 9.30. The number of aryl methyl sites for hydroxylation is 1. The van der Waals surface area contributed by atoms with Gasteiger partial charge in [0.2, 0.25) is 0 Å². The van der Waals surface area contributed by atoms with E-state index in [1.165, 1.54) is 6.92 Å². The van der Waals surface area contributed by atoms with Crippen LogP contribution >= 0.6 is 0 Å². The van der Waals surface area contributed by atoms with Crippen LogP contribution in [0.25, 0.3) is 0 Å². The van der Waals surface area contributed by atoms with Gasteiger partial charge in [-0.25, -0.2) is 0 Å². The van der Waals surface area contributed by atoms with Crippen molar-refractivity contribution in [1.29, 1.82) is 0 Å². The van der Waals surface area contributed by atoms with Crippen molar-refractivity contribution in [2.75, 3.05) is 0 Å². The molecule has 0 radical (unpaired) electrons. The molecule has 1 rings (SSSR count). The summed E-state index contributed by atoms with van der Waals surface area (Å²) in [7, 11) is 0. The van der Waals surface area contributed by atoms with E-state index in [2.05, 4.69) is 0 Å². The Hall–Kier alpha value is -1.44. The fourth-order valence-corrected chi connectivity index (χ4v) is 1.69. The molecular weight excluding hydrogens is 302 g/mol. The molecule has 1 N–H and O–H groups in total. The zero-order valence-electron chi connectivity index (χ0n) is 11.4. The summed E-state index contributed by atoms with van der Waals surface area (Å²) in [6, 6.07) is 2.19. The van der Waals surface area contributed by atoms with Gasteiger partial charge < -0.3 is 9.84 Å². The molecule has 120 valence electrons. The number of benzene rings is 1. The van der Waals surface area contributed by atoms with Crippen LogP contribution < -0.4 is 4.74 Å². The lowest BCUT2D eigenvalue weighted by molar-refractivity contribution is -0.376. The second-order valence-electron chi connectivity index (χ2n) is 4.85. The van der Waals surface area contributed by atoms with Crippen molar-refractivity contribution in [3.8, 4) is 5.75 Å². The molecule has 2 nitrogen and oxygen atoms in total. The highest BCUT2D eigenvalue weighted by molar-refractivity contribution is 5.40. The molecule has 21 heavy (non-hydrogen) atoms.